The van der Waals surface area contributed by atoms with E-state index in [0.717, 1.165) is 6.42 Å². The van der Waals surface area contributed by atoms with Gasteiger partial charge in [-0.1, -0.05) is 36.4 Å². The Morgan fingerprint density at radius 1 is 1.04 bits per heavy atom. The summed E-state index contributed by atoms with van der Waals surface area (Å²) in [5.74, 6) is 0.109. The molecule has 0 aliphatic carbocycles. The highest BCUT2D eigenvalue weighted by Crippen LogP contribution is 2.25. The number of thiophene rings is 1. The van der Waals surface area contributed by atoms with Crippen LogP contribution < -0.4 is 5.32 Å². The van der Waals surface area contributed by atoms with Crippen LogP contribution in [0.5, 0.6) is 0 Å². The molecule has 0 unspecified atom stereocenters. The number of amides is 1. The number of para-hydroxylation sites is 1. The van der Waals surface area contributed by atoms with Crippen molar-refractivity contribution in [2.75, 3.05) is 6.54 Å². The minimum atomic E-state index is 0.109. The molecule has 0 saturated heterocycles. The molecule has 2 aromatic heterocycles. The van der Waals surface area contributed by atoms with Crippen LogP contribution in [-0.2, 0) is 17.8 Å². The molecule has 0 aliphatic rings. The first kappa shape index (κ1) is 15.9. The lowest BCUT2D eigenvalue weighted by Crippen LogP contribution is -2.26. The predicted octanol–water partition coefficient (Wildman–Crippen LogP) is 4.61. The number of hydrogen-bond acceptors (Lipinski definition) is 2. The molecule has 0 fully saturated rings. The van der Waals surface area contributed by atoms with Crippen molar-refractivity contribution < 1.29 is 4.79 Å². The lowest BCUT2D eigenvalue weighted by atomic mass is 10.1. The van der Waals surface area contributed by atoms with Gasteiger partial charge < -0.3 is 9.88 Å². The first-order valence-corrected chi connectivity index (χ1v) is 9.45. The van der Waals surface area contributed by atoms with Crippen molar-refractivity contribution in [1.29, 1.82) is 0 Å². The molecular weight excluding hydrogens is 328 g/mol. The second-order valence-electron chi connectivity index (χ2n) is 6.18. The maximum Gasteiger partial charge on any atom is 0.221 e. The average molecular weight is 348 g/mol. The summed E-state index contributed by atoms with van der Waals surface area (Å²) >= 11 is 1.77. The molecule has 0 aliphatic heterocycles. The molecule has 0 spiro atoms. The SMILES string of the molecule is O=C(CCn1ccc2ccccc21)NCCc1csc2ccccc12. The number of nitrogens with one attached hydrogen (secondary N) is 1. The first-order valence-electron chi connectivity index (χ1n) is 8.57. The summed E-state index contributed by atoms with van der Waals surface area (Å²) in [6.45, 7) is 1.40. The van der Waals surface area contributed by atoms with Crippen molar-refractivity contribution in [3.63, 3.8) is 0 Å². The summed E-state index contributed by atoms with van der Waals surface area (Å²) in [7, 11) is 0. The van der Waals surface area contributed by atoms with E-state index in [9.17, 15) is 4.79 Å². The zero-order valence-corrected chi connectivity index (χ0v) is 14.8. The Balaban J connectivity index is 1.29. The van der Waals surface area contributed by atoms with Crippen molar-refractivity contribution in [2.24, 2.45) is 0 Å². The zero-order valence-electron chi connectivity index (χ0n) is 13.9. The Hall–Kier alpha value is -2.59. The van der Waals surface area contributed by atoms with E-state index in [1.807, 2.05) is 12.1 Å². The lowest BCUT2D eigenvalue weighted by molar-refractivity contribution is -0.121. The Bertz CT molecular complexity index is 1010. The lowest BCUT2D eigenvalue weighted by Gasteiger charge is -2.07. The summed E-state index contributed by atoms with van der Waals surface area (Å²) < 4.78 is 3.45. The van der Waals surface area contributed by atoms with E-state index in [-0.39, 0.29) is 5.91 Å². The third-order valence-corrected chi connectivity index (χ3v) is 5.55. The van der Waals surface area contributed by atoms with Crippen molar-refractivity contribution >= 4 is 38.2 Å². The number of hydrogen-bond donors (Lipinski definition) is 1. The van der Waals surface area contributed by atoms with E-state index < -0.39 is 0 Å². The third-order valence-electron chi connectivity index (χ3n) is 4.54. The maximum absolute atomic E-state index is 12.1. The number of aromatic nitrogens is 1. The minimum Gasteiger partial charge on any atom is -0.356 e. The average Bonchev–Trinajstić information content (AvgIpc) is 3.24. The van der Waals surface area contributed by atoms with Gasteiger partial charge in [-0.15, -0.1) is 11.3 Å². The van der Waals surface area contributed by atoms with Crippen molar-refractivity contribution in [1.82, 2.24) is 9.88 Å². The Morgan fingerprint density at radius 3 is 2.84 bits per heavy atom. The molecule has 1 N–H and O–H groups in total. The molecule has 2 aromatic carbocycles. The maximum atomic E-state index is 12.1. The van der Waals surface area contributed by atoms with Crippen LogP contribution in [0.25, 0.3) is 21.0 Å². The predicted molar refractivity (Wildman–Crippen MR) is 105 cm³/mol. The van der Waals surface area contributed by atoms with Gasteiger partial charge >= 0.3 is 0 Å². The molecule has 0 saturated carbocycles. The van der Waals surface area contributed by atoms with Gasteiger partial charge in [-0.25, -0.2) is 0 Å². The number of benzene rings is 2. The molecule has 2 heterocycles. The van der Waals surface area contributed by atoms with Crippen LogP contribution >= 0.6 is 11.3 Å². The second kappa shape index (κ2) is 7.11. The van der Waals surface area contributed by atoms with Gasteiger partial charge in [0.25, 0.3) is 0 Å². The highest BCUT2D eigenvalue weighted by atomic mass is 32.1. The van der Waals surface area contributed by atoms with Gasteiger partial charge in [-0.05, 0) is 46.3 Å². The fourth-order valence-electron chi connectivity index (χ4n) is 3.21. The van der Waals surface area contributed by atoms with Crippen LogP contribution in [-0.4, -0.2) is 17.0 Å². The van der Waals surface area contributed by atoms with E-state index in [1.165, 1.54) is 26.6 Å². The zero-order chi connectivity index (χ0) is 17.1. The number of carbonyl (C=O) groups is 1. The molecular formula is C21H20N2OS. The normalized spacial score (nSPS) is 11.2. The first-order chi connectivity index (χ1) is 12.3. The number of nitrogens with zero attached hydrogens (tertiary/aromatic N) is 1. The molecule has 0 radical (unpaired) electrons. The van der Waals surface area contributed by atoms with E-state index >= 15 is 0 Å². The largest absolute Gasteiger partial charge is 0.356 e. The number of rotatable bonds is 6. The summed E-state index contributed by atoms with van der Waals surface area (Å²) in [4.78, 5) is 12.1. The van der Waals surface area contributed by atoms with Crippen LogP contribution in [0, 0.1) is 0 Å². The number of fused-ring (bicyclic) bond motifs is 2. The van der Waals surface area contributed by atoms with Gasteiger partial charge in [0.1, 0.15) is 0 Å². The van der Waals surface area contributed by atoms with E-state index in [2.05, 4.69) is 63.9 Å². The Morgan fingerprint density at radius 2 is 1.88 bits per heavy atom. The van der Waals surface area contributed by atoms with E-state index in [1.54, 1.807) is 11.3 Å². The molecule has 0 bridgehead atoms. The van der Waals surface area contributed by atoms with Gasteiger partial charge in [0.2, 0.25) is 5.91 Å². The van der Waals surface area contributed by atoms with Crippen LogP contribution in [0.4, 0.5) is 0 Å². The van der Waals surface area contributed by atoms with Crippen LogP contribution in [0.15, 0.2) is 66.2 Å². The summed E-state index contributed by atoms with van der Waals surface area (Å²) in [5, 5.41) is 7.77. The quantitative estimate of drug-likeness (QED) is 0.543. The van der Waals surface area contributed by atoms with Gasteiger partial charge in [0.05, 0.1) is 0 Å². The van der Waals surface area contributed by atoms with Gasteiger partial charge in [0, 0.05) is 35.9 Å². The molecule has 0 atom stereocenters. The molecule has 25 heavy (non-hydrogen) atoms. The monoisotopic (exact) mass is 348 g/mol. The number of carbonyl (C=O) groups excluding carboxylic acids is 1. The highest BCUT2D eigenvalue weighted by molar-refractivity contribution is 7.17. The summed E-state index contributed by atoms with van der Waals surface area (Å²) in [6, 6.07) is 18.8. The standard InChI is InChI=1S/C21H20N2OS/c24-21(11-14-23-13-10-16-5-1-3-7-19(16)23)22-12-9-17-15-25-20-8-4-2-6-18(17)20/h1-8,10,13,15H,9,11-12,14H2,(H,22,24). The molecule has 3 nitrogen and oxygen atoms in total. The molecule has 4 aromatic rings. The van der Waals surface area contributed by atoms with Gasteiger partial charge in [-0.3, -0.25) is 4.79 Å². The molecule has 4 heteroatoms. The third kappa shape index (κ3) is 3.44. The fourth-order valence-corrected chi connectivity index (χ4v) is 4.21. The Kier molecular flexibility index (Phi) is 4.53. The summed E-state index contributed by atoms with van der Waals surface area (Å²) in [6.07, 6.45) is 3.43. The topological polar surface area (TPSA) is 34.0 Å². The van der Waals surface area contributed by atoms with Crippen molar-refractivity contribution in [2.45, 2.75) is 19.4 Å². The van der Waals surface area contributed by atoms with Crippen LogP contribution in [0.1, 0.15) is 12.0 Å². The number of aryl methyl sites for hydroxylation is 1. The molecule has 126 valence electrons. The van der Waals surface area contributed by atoms with Gasteiger partial charge in [-0.2, -0.15) is 0 Å². The smallest absolute Gasteiger partial charge is 0.221 e. The van der Waals surface area contributed by atoms with E-state index in [4.69, 9.17) is 0 Å². The van der Waals surface area contributed by atoms with Crippen molar-refractivity contribution in [3.8, 4) is 0 Å². The highest BCUT2D eigenvalue weighted by Gasteiger charge is 2.06. The fraction of sp³-hybridized carbons (Fsp3) is 0.190. The minimum absolute atomic E-state index is 0.109. The van der Waals surface area contributed by atoms with Crippen LogP contribution in [0.2, 0.25) is 0 Å². The molecule has 4 rings (SSSR count). The Labute approximate surface area is 150 Å². The second-order valence-corrected chi connectivity index (χ2v) is 7.09. The summed E-state index contributed by atoms with van der Waals surface area (Å²) in [5.41, 5.74) is 2.50. The van der Waals surface area contributed by atoms with E-state index in [0.29, 0.717) is 19.5 Å². The molecule has 1 amide bonds. The van der Waals surface area contributed by atoms with Gasteiger partial charge in [0.15, 0.2) is 0 Å². The van der Waals surface area contributed by atoms with Crippen LogP contribution in [0.3, 0.4) is 0 Å². The van der Waals surface area contributed by atoms with Crippen molar-refractivity contribution in [3.05, 3.63) is 71.7 Å².